The van der Waals surface area contributed by atoms with E-state index < -0.39 is 29.3 Å². The second-order valence-electron chi connectivity index (χ2n) is 9.29. The molecule has 0 aromatic heterocycles. The Balaban J connectivity index is 1.54. The molecule has 0 saturated carbocycles. The Bertz CT molecular complexity index is 1040. The minimum atomic E-state index is -1.35. The first-order valence-electron chi connectivity index (χ1n) is 12.0. The molecular weight excluding hydrogens is 440 g/mol. The molecule has 0 radical (unpaired) electrons. The van der Waals surface area contributed by atoms with Crippen molar-refractivity contribution in [2.75, 3.05) is 13.2 Å². The summed E-state index contributed by atoms with van der Waals surface area (Å²) in [5.41, 5.74) is 2.55. The normalized spacial score (nSPS) is 15.6. The van der Waals surface area contributed by atoms with Crippen LogP contribution in [-0.4, -0.2) is 47.3 Å². The second kappa shape index (κ2) is 11.3. The van der Waals surface area contributed by atoms with Gasteiger partial charge >= 0.3 is 0 Å². The predicted molar refractivity (Wildman–Crippen MR) is 135 cm³/mol. The lowest BCUT2D eigenvalue weighted by Gasteiger charge is -2.31. The van der Waals surface area contributed by atoms with E-state index in [0.29, 0.717) is 12.8 Å². The van der Waals surface area contributed by atoms with E-state index in [4.69, 9.17) is 0 Å². The van der Waals surface area contributed by atoms with Crippen LogP contribution >= 0.6 is 0 Å². The van der Waals surface area contributed by atoms with Gasteiger partial charge in [0.05, 0.1) is 25.3 Å². The molecule has 1 aliphatic rings. The zero-order valence-electron chi connectivity index (χ0n) is 19.7. The fraction of sp³-hybridized carbons (Fsp3) is 0.310. The first kappa shape index (κ1) is 24.6. The molecule has 0 fully saturated rings. The zero-order valence-corrected chi connectivity index (χ0v) is 19.7. The number of benzene rings is 3. The predicted octanol–water partition coefficient (Wildman–Crippen LogP) is 2.21. The molecule has 4 N–H and O–H groups in total. The number of amides is 2. The highest BCUT2D eigenvalue weighted by Crippen LogP contribution is 2.38. The summed E-state index contributed by atoms with van der Waals surface area (Å²) in [6.07, 6.45) is 1.46. The lowest BCUT2D eigenvalue weighted by atomic mass is 9.81. The third-order valence-corrected chi connectivity index (χ3v) is 6.73. The summed E-state index contributed by atoms with van der Waals surface area (Å²) < 4.78 is 0. The maximum absolute atomic E-state index is 13.7. The van der Waals surface area contributed by atoms with Gasteiger partial charge in [0.2, 0.25) is 11.8 Å². The second-order valence-corrected chi connectivity index (χ2v) is 9.29. The maximum Gasteiger partial charge on any atom is 0.236 e. The number of aliphatic hydroxyl groups excluding tert-OH is 2. The lowest BCUT2D eigenvalue weighted by Crippen LogP contribution is -2.57. The van der Waals surface area contributed by atoms with Crippen molar-refractivity contribution < 1.29 is 19.8 Å². The van der Waals surface area contributed by atoms with Gasteiger partial charge in [0, 0.05) is 0 Å². The van der Waals surface area contributed by atoms with E-state index in [9.17, 15) is 19.8 Å². The van der Waals surface area contributed by atoms with Gasteiger partial charge in [0.15, 0.2) is 0 Å². The van der Waals surface area contributed by atoms with Gasteiger partial charge in [-0.05, 0) is 47.9 Å². The fourth-order valence-corrected chi connectivity index (χ4v) is 4.81. The Morgan fingerprint density at radius 2 is 1.03 bits per heavy atom. The molecule has 0 unspecified atom stereocenters. The van der Waals surface area contributed by atoms with Gasteiger partial charge in [-0.1, -0.05) is 84.9 Å². The maximum atomic E-state index is 13.7. The number of aliphatic hydroxyl groups is 2. The van der Waals surface area contributed by atoms with Crippen LogP contribution in [0.5, 0.6) is 0 Å². The van der Waals surface area contributed by atoms with E-state index in [-0.39, 0.29) is 26.1 Å². The van der Waals surface area contributed by atoms with Crippen LogP contribution in [0.25, 0.3) is 0 Å². The van der Waals surface area contributed by atoms with Crippen molar-refractivity contribution in [1.82, 2.24) is 10.6 Å². The lowest BCUT2D eigenvalue weighted by molar-refractivity contribution is -0.144. The monoisotopic (exact) mass is 472 g/mol. The summed E-state index contributed by atoms with van der Waals surface area (Å²) >= 11 is 0. The fourth-order valence-electron chi connectivity index (χ4n) is 4.81. The summed E-state index contributed by atoms with van der Waals surface area (Å²) in [5, 5.41) is 25.8. The molecule has 1 aliphatic carbocycles. The molecule has 0 spiro atoms. The Labute approximate surface area is 206 Å². The van der Waals surface area contributed by atoms with Crippen LogP contribution in [0.2, 0.25) is 0 Å². The quantitative estimate of drug-likeness (QED) is 0.340. The summed E-state index contributed by atoms with van der Waals surface area (Å²) in [6.45, 7) is -0.475. The summed E-state index contributed by atoms with van der Waals surface area (Å²) in [7, 11) is 0. The summed E-state index contributed by atoms with van der Waals surface area (Å²) in [5.74, 6) is -0.810. The molecule has 0 bridgehead atoms. The van der Waals surface area contributed by atoms with E-state index in [2.05, 4.69) is 10.6 Å². The number of rotatable bonds is 10. The Kier molecular flexibility index (Phi) is 7.95. The number of carbonyl (C=O) groups excluding carboxylic acids is 2. The van der Waals surface area contributed by atoms with Gasteiger partial charge in [0.25, 0.3) is 0 Å². The topological polar surface area (TPSA) is 98.7 Å². The third-order valence-electron chi connectivity index (χ3n) is 6.73. The minimum Gasteiger partial charge on any atom is -0.394 e. The van der Waals surface area contributed by atoms with Gasteiger partial charge in [-0.15, -0.1) is 0 Å². The number of fused-ring (bicyclic) bond motifs is 1. The molecule has 0 aliphatic heterocycles. The largest absolute Gasteiger partial charge is 0.394 e. The van der Waals surface area contributed by atoms with Gasteiger partial charge in [-0.3, -0.25) is 9.59 Å². The third kappa shape index (κ3) is 5.78. The van der Waals surface area contributed by atoms with Crippen LogP contribution < -0.4 is 10.6 Å². The van der Waals surface area contributed by atoms with Gasteiger partial charge in [-0.25, -0.2) is 0 Å². The van der Waals surface area contributed by atoms with Crippen LogP contribution in [0.3, 0.4) is 0 Å². The first-order valence-corrected chi connectivity index (χ1v) is 12.0. The molecule has 3 aromatic carbocycles. The number of hydrogen-bond acceptors (Lipinski definition) is 4. The SMILES string of the molecule is O=C(N[C@H](CO)Cc1ccccc1)C1(C(=O)N[C@H](CO)Cc2ccccc2)Cc2ccccc2C1. The van der Waals surface area contributed by atoms with E-state index >= 15 is 0 Å². The highest BCUT2D eigenvalue weighted by Gasteiger charge is 2.50. The molecule has 0 heterocycles. The average molecular weight is 473 g/mol. The van der Waals surface area contributed by atoms with Crippen LogP contribution in [0, 0.1) is 5.41 Å². The standard InChI is InChI=1S/C29H32N2O4/c32-19-25(15-21-9-3-1-4-10-21)30-27(34)29(17-23-13-7-8-14-24(23)18-29)28(35)31-26(20-33)16-22-11-5-2-6-12-22/h1-14,25-26,32-33H,15-20H2,(H,30,34)(H,31,35)/t25-,26-/m0/s1. The van der Waals surface area contributed by atoms with Gasteiger partial charge in [0.1, 0.15) is 5.41 Å². The van der Waals surface area contributed by atoms with Gasteiger partial charge < -0.3 is 20.8 Å². The summed E-state index contributed by atoms with van der Waals surface area (Å²) in [4.78, 5) is 27.4. The van der Waals surface area contributed by atoms with Crippen LogP contribution in [-0.2, 0) is 35.3 Å². The van der Waals surface area contributed by atoms with Crippen molar-refractivity contribution in [2.24, 2.45) is 5.41 Å². The zero-order chi connectivity index (χ0) is 24.7. The first-order chi connectivity index (χ1) is 17.0. The van der Waals surface area contributed by atoms with Crippen molar-refractivity contribution in [3.05, 3.63) is 107 Å². The van der Waals surface area contributed by atoms with E-state index in [1.807, 2.05) is 84.9 Å². The van der Waals surface area contributed by atoms with Crippen molar-refractivity contribution in [1.29, 1.82) is 0 Å². The molecule has 2 atom stereocenters. The summed E-state index contributed by atoms with van der Waals surface area (Å²) in [6, 6.07) is 25.9. The molecule has 182 valence electrons. The highest BCUT2D eigenvalue weighted by molar-refractivity contribution is 6.06. The van der Waals surface area contributed by atoms with Crippen molar-refractivity contribution in [2.45, 2.75) is 37.8 Å². The number of hydrogen-bond donors (Lipinski definition) is 4. The molecule has 3 aromatic rings. The van der Waals surface area contributed by atoms with E-state index in [1.54, 1.807) is 0 Å². The Morgan fingerprint density at radius 1 is 0.657 bits per heavy atom. The van der Waals surface area contributed by atoms with Crippen molar-refractivity contribution in [3.8, 4) is 0 Å². The minimum absolute atomic E-state index is 0.238. The molecule has 4 rings (SSSR count). The molecule has 2 amide bonds. The van der Waals surface area contributed by atoms with Crippen LogP contribution in [0.15, 0.2) is 84.9 Å². The molecule has 0 saturated heterocycles. The molecular formula is C29H32N2O4. The van der Waals surface area contributed by atoms with E-state index in [1.165, 1.54) is 0 Å². The smallest absolute Gasteiger partial charge is 0.236 e. The average Bonchev–Trinajstić information content (AvgIpc) is 3.30. The van der Waals surface area contributed by atoms with Crippen LogP contribution in [0.1, 0.15) is 22.3 Å². The van der Waals surface area contributed by atoms with E-state index in [0.717, 1.165) is 22.3 Å². The van der Waals surface area contributed by atoms with Gasteiger partial charge in [-0.2, -0.15) is 0 Å². The number of nitrogens with one attached hydrogen (secondary N) is 2. The number of carbonyl (C=O) groups is 2. The highest BCUT2D eigenvalue weighted by atomic mass is 16.3. The van der Waals surface area contributed by atoms with Crippen molar-refractivity contribution >= 4 is 11.8 Å². The Morgan fingerprint density at radius 3 is 1.40 bits per heavy atom. The van der Waals surface area contributed by atoms with Crippen LogP contribution in [0.4, 0.5) is 0 Å². The molecule has 6 nitrogen and oxygen atoms in total. The Hall–Kier alpha value is -3.48. The molecule has 6 heteroatoms. The van der Waals surface area contributed by atoms with Crippen molar-refractivity contribution in [3.63, 3.8) is 0 Å². The molecule has 35 heavy (non-hydrogen) atoms.